The molecule has 0 aromatic rings. The van der Waals surface area contributed by atoms with E-state index in [1.54, 1.807) is 11.8 Å². The second kappa shape index (κ2) is 11.0. The molecule has 1 saturated heterocycles. The summed E-state index contributed by atoms with van der Waals surface area (Å²) >= 11 is 1.81. The molecule has 1 aliphatic rings. The van der Waals surface area contributed by atoms with Gasteiger partial charge in [0.1, 0.15) is 0 Å². The minimum atomic E-state index is -2.79. The lowest BCUT2D eigenvalue weighted by Gasteiger charge is -2.27. The fourth-order valence-corrected chi connectivity index (χ4v) is 3.45. The quantitative estimate of drug-likeness (QED) is 0.324. The van der Waals surface area contributed by atoms with Crippen molar-refractivity contribution in [2.75, 3.05) is 57.0 Å². The maximum Gasteiger partial charge on any atom is 0.191 e. The van der Waals surface area contributed by atoms with E-state index in [0.29, 0.717) is 13.1 Å². The molecule has 138 valence electrons. The molecule has 9 heteroatoms. The second-order valence-electron chi connectivity index (χ2n) is 6.08. The van der Waals surface area contributed by atoms with E-state index in [-0.39, 0.29) is 40.2 Å². The molecule has 0 atom stereocenters. The van der Waals surface area contributed by atoms with E-state index >= 15 is 0 Å². The molecule has 1 aliphatic heterocycles. The standard InChI is InChI=1S/C14H30N4O2S2.HI/c1-5-15-13(17-12-14(2,3)21-4)16-6-7-18-8-10-22(19,20)11-9-18;/h5-12H2,1-4H3,(H2,15,16,17);1H. The monoisotopic (exact) mass is 478 g/mol. The van der Waals surface area contributed by atoms with Crippen molar-refractivity contribution in [2.24, 2.45) is 4.99 Å². The summed E-state index contributed by atoms with van der Waals surface area (Å²) in [5, 5.41) is 6.57. The van der Waals surface area contributed by atoms with Gasteiger partial charge in [-0.1, -0.05) is 0 Å². The fraction of sp³-hybridized carbons (Fsp3) is 0.929. The van der Waals surface area contributed by atoms with Crippen molar-refractivity contribution >= 4 is 51.5 Å². The first kappa shape index (κ1) is 23.3. The molecule has 0 spiro atoms. The topological polar surface area (TPSA) is 73.8 Å². The number of halogens is 1. The van der Waals surface area contributed by atoms with Gasteiger partial charge in [0.15, 0.2) is 15.8 Å². The van der Waals surface area contributed by atoms with Gasteiger partial charge in [0.05, 0.1) is 18.1 Å². The summed E-state index contributed by atoms with van der Waals surface area (Å²) in [7, 11) is -2.79. The number of nitrogens with one attached hydrogen (secondary N) is 2. The average molecular weight is 478 g/mol. The van der Waals surface area contributed by atoms with Crippen LogP contribution < -0.4 is 10.6 Å². The number of guanidine groups is 1. The molecule has 2 N–H and O–H groups in total. The van der Waals surface area contributed by atoms with Crippen LogP contribution in [-0.4, -0.2) is 81.1 Å². The van der Waals surface area contributed by atoms with Gasteiger partial charge in [-0.05, 0) is 27.0 Å². The Labute approximate surface area is 162 Å². The van der Waals surface area contributed by atoms with Gasteiger partial charge in [-0.3, -0.25) is 9.89 Å². The molecule has 0 aromatic heterocycles. The highest BCUT2D eigenvalue weighted by molar-refractivity contribution is 14.0. The van der Waals surface area contributed by atoms with Crippen LogP contribution in [0.25, 0.3) is 0 Å². The molecular weight excluding hydrogens is 447 g/mol. The number of nitrogens with zero attached hydrogens (tertiary/aromatic N) is 2. The first-order valence-electron chi connectivity index (χ1n) is 7.78. The predicted molar refractivity (Wildman–Crippen MR) is 112 cm³/mol. The van der Waals surface area contributed by atoms with Crippen LogP contribution >= 0.6 is 35.7 Å². The van der Waals surface area contributed by atoms with Crippen molar-refractivity contribution < 1.29 is 8.42 Å². The van der Waals surface area contributed by atoms with Crippen molar-refractivity contribution in [1.29, 1.82) is 0 Å². The van der Waals surface area contributed by atoms with Crippen molar-refractivity contribution in [3.8, 4) is 0 Å². The van der Waals surface area contributed by atoms with Gasteiger partial charge in [-0.15, -0.1) is 24.0 Å². The molecule has 23 heavy (non-hydrogen) atoms. The Hall–Kier alpha value is 0.260. The van der Waals surface area contributed by atoms with Gasteiger partial charge in [0, 0.05) is 37.5 Å². The molecular formula is C14H31IN4O2S2. The molecule has 0 aliphatic carbocycles. The van der Waals surface area contributed by atoms with E-state index in [1.165, 1.54) is 0 Å². The molecule has 0 radical (unpaired) electrons. The average Bonchev–Trinajstić information content (AvgIpc) is 2.46. The van der Waals surface area contributed by atoms with Crippen LogP contribution in [0.5, 0.6) is 0 Å². The summed E-state index contributed by atoms with van der Waals surface area (Å²) in [6.45, 7) is 10.9. The van der Waals surface area contributed by atoms with E-state index < -0.39 is 9.84 Å². The number of aliphatic imine (C=N–C) groups is 1. The number of hydrogen-bond acceptors (Lipinski definition) is 5. The van der Waals surface area contributed by atoms with Gasteiger partial charge in [0.2, 0.25) is 0 Å². The number of hydrogen-bond donors (Lipinski definition) is 2. The molecule has 6 nitrogen and oxygen atoms in total. The lowest BCUT2D eigenvalue weighted by atomic mass is 10.2. The SMILES string of the molecule is CCNC(=NCC(C)(C)SC)NCCN1CCS(=O)(=O)CC1.I. The van der Waals surface area contributed by atoms with Crippen LogP contribution in [0.15, 0.2) is 4.99 Å². The Morgan fingerprint density at radius 1 is 1.26 bits per heavy atom. The molecule has 0 bridgehead atoms. The molecule has 0 saturated carbocycles. The molecule has 0 unspecified atom stereocenters. The maximum atomic E-state index is 11.4. The first-order valence-corrected chi connectivity index (χ1v) is 10.8. The van der Waals surface area contributed by atoms with Gasteiger partial charge in [-0.25, -0.2) is 8.42 Å². The van der Waals surface area contributed by atoms with E-state index in [0.717, 1.165) is 32.1 Å². The highest BCUT2D eigenvalue weighted by atomic mass is 127. The largest absolute Gasteiger partial charge is 0.357 e. The van der Waals surface area contributed by atoms with E-state index in [9.17, 15) is 8.42 Å². The molecule has 1 rings (SSSR count). The van der Waals surface area contributed by atoms with Crippen LogP contribution in [0.4, 0.5) is 0 Å². The second-order valence-corrected chi connectivity index (χ2v) is 9.90. The van der Waals surface area contributed by atoms with Crippen LogP contribution in [0.3, 0.4) is 0 Å². The van der Waals surface area contributed by atoms with Crippen LogP contribution in [0.2, 0.25) is 0 Å². The third kappa shape index (κ3) is 9.98. The van der Waals surface area contributed by atoms with E-state index in [4.69, 9.17) is 0 Å². The summed E-state index contributed by atoms with van der Waals surface area (Å²) < 4.78 is 22.9. The molecule has 0 amide bonds. The predicted octanol–water partition coefficient (Wildman–Crippen LogP) is 1.03. The third-order valence-corrected chi connectivity index (χ3v) is 6.52. The molecule has 0 aromatic carbocycles. The smallest absolute Gasteiger partial charge is 0.191 e. The fourth-order valence-electron chi connectivity index (χ4n) is 1.98. The van der Waals surface area contributed by atoms with Crippen molar-refractivity contribution in [2.45, 2.75) is 25.5 Å². The Bertz CT molecular complexity index is 455. The van der Waals surface area contributed by atoms with Crippen LogP contribution in [-0.2, 0) is 9.84 Å². The third-order valence-electron chi connectivity index (χ3n) is 3.67. The first-order chi connectivity index (χ1) is 10.3. The summed E-state index contributed by atoms with van der Waals surface area (Å²) in [5.41, 5.74) is 0. The summed E-state index contributed by atoms with van der Waals surface area (Å²) in [6.07, 6.45) is 2.10. The zero-order valence-electron chi connectivity index (χ0n) is 14.6. The summed E-state index contributed by atoms with van der Waals surface area (Å²) in [6, 6.07) is 0. The highest BCUT2D eigenvalue weighted by Crippen LogP contribution is 2.20. The zero-order valence-corrected chi connectivity index (χ0v) is 18.6. The number of sulfone groups is 1. The lowest BCUT2D eigenvalue weighted by molar-refractivity contribution is 0.299. The van der Waals surface area contributed by atoms with Gasteiger partial charge >= 0.3 is 0 Å². The minimum Gasteiger partial charge on any atom is -0.357 e. The van der Waals surface area contributed by atoms with Crippen LogP contribution in [0.1, 0.15) is 20.8 Å². The highest BCUT2D eigenvalue weighted by Gasteiger charge is 2.21. The van der Waals surface area contributed by atoms with Gasteiger partial charge in [-0.2, -0.15) is 11.8 Å². The van der Waals surface area contributed by atoms with Gasteiger partial charge < -0.3 is 10.6 Å². The van der Waals surface area contributed by atoms with E-state index in [1.807, 2.05) is 6.92 Å². The number of rotatable bonds is 7. The normalized spacial score (nSPS) is 19.0. The van der Waals surface area contributed by atoms with Crippen molar-refractivity contribution in [3.63, 3.8) is 0 Å². The Balaban J connectivity index is 0.00000484. The van der Waals surface area contributed by atoms with Crippen LogP contribution in [0, 0.1) is 0 Å². The summed E-state index contributed by atoms with van der Waals surface area (Å²) in [4.78, 5) is 6.80. The van der Waals surface area contributed by atoms with E-state index in [2.05, 4.69) is 40.6 Å². The Morgan fingerprint density at radius 3 is 2.39 bits per heavy atom. The maximum absolute atomic E-state index is 11.4. The number of thioether (sulfide) groups is 1. The van der Waals surface area contributed by atoms with Crippen molar-refractivity contribution in [1.82, 2.24) is 15.5 Å². The Kier molecular flexibility index (Phi) is 11.1. The molecule has 1 heterocycles. The van der Waals surface area contributed by atoms with Crippen molar-refractivity contribution in [3.05, 3.63) is 0 Å². The summed E-state index contributed by atoms with van der Waals surface area (Å²) in [5.74, 6) is 1.39. The minimum absolute atomic E-state index is 0. The molecule has 1 fully saturated rings. The van der Waals surface area contributed by atoms with Gasteiger partial charge in [0.25, 0.3) is 0 Å². The lowest BCUT2D eigenvalue weighted by Crippen LogP contribution is -2.46. The Morgan fingerprint density at radius 2 is 1.87 bits per heavy atom. The zero-order chi connectivity index (χ0) is 16.6.